The highest BCUT2D eigenvalue weighted by Crippen LogP contribution is 2.11. The van der Waals surface area contributed by atoms with Crippen molar-refractivity contribution in [1.29, 1.82) is 0 Å². The SMILES string of the molecule is Fc1cncc(F)c1CCN1CCNCC1. The first-order chi connectivity index (χ1) is 7.77. The molecular weight excluding hydrogens is 212 g/mol. The van der Waals surface area contributed by atoms with Gasteiger partial charge in [-0.25, -0.2) is 8.78 Å². The van der Waals surface area contributed by atoms with E-state index in [-0.39, 0.29) is 5.56 Å². The average molecular weight is 227 g/mol. The third-order valence-corrected chi connectivity index (χ3v) is 2.84. The van der Waals surface area contributed by atoms with Crippen LogP contribution >= 0.6 is 0 Å². The third-order valence-electron chi connectivity index (χ3n) is 2.84. The summed E-state index contributed by atoms with van der Waals surface area (Å²) in [6, 6.07) is 0. The molecule has 1 fully saturated rings. The Hall–Kier alpha value is -1.07. The monoisotopic (exact) mass is 227 g/mol. The summed E-state index contributed by atoms with van der Waals surface area (Å²) in [5.74, 6) is -1.09. The van der Waals surface area contributed by atoms with Gasteiger partial charge in [-0.2, -0.15) is 0 Å². The van der Waals surface area contributed by atoms with Crippen LogP contribution in [0.3, 0.4) is 0 Å². The van der Waals surface area contributed by atoms with Crippen molar-refractivity contribution >= 4 is 0 Å². The van der Waals surface area contributed by atoms with Gasteiger partial charge < -0.3 is 10.2 Å². The summed E-state index contributed by atoms with van der Waals surface area (Å²) in [5.41, 5.74) is 0.147. The summed E-state index contributed by atoms with van der Waals surface area (Å²) in [6.45, 7) is 4.46. The molecule has 0 aliphatic carbocycles. The zero-order valence-electron chi connectivity index (χ0n) is 9.05. The normalized spacial score (nSPS) is 17.6. The number of nitrogens with one attached hydrogen (secondary N) is 1. The molecule has 1 saturated heterocycles. The van der Waals surface area contributed by atoms with Gasteiger partial charge in [0.25, 0.3) is 0 Å². The van der Waals surface area contributed by atoms with Gasteiger partial charge in [0.05, 0.1) is 12.4 Å². The van der Waals surface area contributed by atoms with Gasteiger partial charge in [-0.3, -0.25) is 4.98 Å². The second-order valence-corrected chi connectivity index (χ2v) is 3.92. The first-order valence-corrected chi connectivity index (χ1v) is 5.48. The standard InChI is InChI=1S/C11H15F2N3/c12-10-7-15-8-11(13)9(10)1-4-16-5-2-14-3-6-16/h7-8,14H,1-6H2. The fourth-order valence-corrected chi connectivity index (χ4v) is 1.88. The molecule has 1 aromatic heterocycles. The predicted octanol–water partition coefficient (Wildman–Crippen LogP) is 0.807. The minimum atomic E-state index is -0.546. The minimum Gasteiger partial charge on any atom is -0.314 e. The minimum absolute atomic E-state index is 0.147. The Balaban J connectivity index is 1.93. The van der Waals surface area contributed by atoms with Gasteiger partial charge in [0.15, 0.2) is 0 Å². The number of aromatic nitrogens is 1. The van der Waals surface area contributed by atoms with E-state index in [0.717, 1.165) is 38.6 Å². The lowest BCUT2D eigenvalue weighted by Crippen LogP contribution is -2.44. The van der Waals surface area contributed by atoms with Crippen molar-refractivity contribution in [2.45, 2.75) is 6.42 Å². The van der Waals surface area contributed by atoms with Crippen LogP contribution in [-0.2, 0) is 6.42 Å². The van der Waals surface area contributed by atoms with Crippen LogP contribution in [0.4, 0.5) is 8.78 Å². The quantitative estimate of drug-likeness (QED) is 0.828. The number of rotatable bonds is 3. The largest absolute Gasteiger partial charge is 0.314 e. The zero-order chi connectivity index (χ0) is 11.4. The lowest BCUT2D eigenvalue weighted by Gasteiger charge is -2.27. The van der Waals surface area contributed by atoms with Crippen LogP contribution in [-0.4, -0.2) is 42.6 Å². The topological polar surface area (TPSA) is 28.2 Å². The highest BCUT2D eigenvalue weighted by molar-refractivity contribution is 5.15. The second-order valence-electron chi connectivity index (χ2n) is 3.92. The molecule has 1 aliphatic rings. The molecule has 0 aromatic carbocycles. The maximum atomic E-state index is 13.3. The van der Waals surface area contributed by atoms with E-state index in [1.54, 1.807) is 0 Å². The van der Waals surface area contributed by atoms with Crippen LogP contribution in [0.15, 0.2) is 12.4 Å². The molecule has 5 heteroatoms. The lowest BCUT2D eigenvalue weighted by atomic mass is 10.1. The van der Waals surface area contributed by atoms with Gasteiger partial charge in [0.1, 0.15) is 11.6 Å². The molecule has 88 valence electrons. The van der Waals surface area contributed by atoms with Crippen LogP contribution in [0.25, 0.3) is 0 Å². The van der Waals surface area contributed by atoms with Crippen LogP contribution in [0, 0.1) is 11.6 Å². The Morgan fingerprint density at radius 2 is 1.81 bits per heavy atom. The van der Waals surface area contributed by atoms with Gasteiger partial charge in [-0.05, 0) is 6.42 Å². The van der Waals surface area contributed by atoms with E-state index in [9.17, 15) is 8.78 Å². The Bertz CT molecular complexity index is 331. The number of hydrogen-bond donors (Lipinski definition) is 1. The van der Waals surface area contributed by atoms with E-state index >= 15 is 0 Å². The second kappa shape index (κ2) is 5.32. The Morgan fingerprint density at radius 3 is 2.44 bits per heavy atom. The first kappa shape index (κ1) is 11.4. The fraction of sp³-hybridized carbons (Fsp3) is 0.545. The molecule has 1 aromatic rings. The van der Waals surface area contributed by atoms with Gasteiger partial charge in [-0.1, -0.05) is 0 Å². The summed E-state index contributed by atoms with van der Waals surface area (Å²) in [7, 11) is 0. The molecule has 1 N–H and O–H groups in total. The van der Waals surface area contributed by atoms with Crippen LogP contribution in [0.1, 0.15) is 5.56 Å². The Kier molecular flexibility index (Phi) is 3.79. The van der Waals surface area contributed by atoms with Crippen molar-refractivity contribution in [2.24, 2.45) is 0 Å². The number of halogens is 2. The Morgan fingerprint density at radius 1 is 1.19 bits per heavy atom. The van der Waals surface area contributed by atoms with Crippen molar-refractivity contribution in [2.75, 3.05) is 32.7 Å². The van der Waals surface area contributed by atoms with Gasteiger partial charge >= 0.3 is 0 Å². The average Bonchev–Trinajstić information content (AvgIpc) is 2.30. The highest BCUT2D eigenvalue weighted by Gasteiger charge is 2.13. The number of hydrogen-bond acceptors (Lipinski definition) is 3. The van der Waals surface area contributed by atoms with E-state index in [0.29, 0.717) is 13.0 Å². The molecule has 2 heterocycles. The summed E-state index contributed by atoms with van der Waals surface area (Å²) in [5, 5.41) is 3.24. The lowest BCUT2D eigenvalue weighted by molar-refractivity contribution is 0.242. The highest BCUT2D eigenvalue weighted by atomic mass is 19.1. The summed E-state index contributed by atoms with van der Waals surface area (Å²) >= 11 is 0. The number of nitrogens with zero attached hydrogens (tertiary/aromatic N) is 2. The van der Waals surface area contributed by atoms with Gasteiger partial charge in [0.2, 0.25) is 0 Å². The van der Waals surface area contributed by atoms with Gasteiger partial charge in [-0.15, -0.1) is 0 Å². The van der Waals surface area contributed by atoms with Crippen molar-refractivity contribution in [3.05, 3.63) is 29.6 Å². The van der Waals surface area contributed by atoms with Crippen molar-refractivity contribution in [3.8, 4) is 0 Å². The number of pyridine rings is 1. The van der Waals surface area contributed by atoms with Gasteiger partial charge in [0, 0.05) is 38.3 Å². The zero-order valence-corrected chi connectivity index (χ0v) is 9.05. The van der Waals surface area contributed by atoms with E-state index in [1.165, 1.54) is 0 Å². The molecule has 1 aliphatic heterocycles. The fourth-order valence-electron chi connectivity index (χ4n) is 1.88. The van der Waals surface area contributed by atoms with Crippen LogP contribution < -0.4 is 5.32 Å². The summed E-state index contributed by atoms with van der Waals surface area (Å²) in [6.07, 6.45) is 2.53. The molecule has 0 bridgehead atoms. The molecule has 2 rings (SSSR count). The van der Waals surface area contributed by atoms with E-state index in [1.807, 2.05) is 0 Å². The first-order valence-electron chi connectivity index (χ1n) is 5.48. The number of piperazine rings is 1. The molecule has 0 spiro atoms. The molecular formula is C11H15F2N3. The molecule has 3 nitrogen and oxygen atoms in total. The smallest absolute Gasteiger partial charge is 0.147 e. The van der Waals surface area contributed by atoms with Crippen LogP contribution in [0.2, 0.25) is 0 Å². The van der Waals surface area contributed by atoms with E-state index < -0.39 is 11.6 Å². The van der Waals surface area contributed by atoms with Crippen molar-refractivity contribution < 1.29 is 8.78 Å². The molecule has 0 amide bonds. The van der Waals surface area contributed by atoms with Crippen LogP contribution in [0.5, 0.6) is 0 Å². The maximum Gasteiger partial charge on any atom is 0.147 e. The molecule has 16 heavy (non-hydrogen) atoms. The van der Waals surface area contributed by atoms with Crippen molar-refractivity contribution in [3.63, 3.8) is 0 Å². The van der Waals surface area contributed by atoms with Crippen molar-refractivity contribution in [1.82, 2.24) is 15.2 Å². The predicted molar refractivity (Wildman–Crippen MR) is 57.2 cm³/mol. The Labute approximate surface area is 93.5 Å². The summed E-state index contributed by atoms with van der Waals surface area (Å²) < 4.78 is 26.5. The summed E-state index contributed by atoms with van der Waals surface area (Å²) in [4.78, 5) is 5.67. The molecule has 0 saturated carbocycles. The molecule has 0 radical (unpaired) electrons. The molecule has 0 unspecified atom stereocenters. The third kappa shape index (κ3) is 2.74. The maximum absolute atomic E-state index is 13.3. The molecule has 0 atom stereocenters. The van der Waals surface area contributed by atoms with E-state index in [2.05, 4.69) is 15.2 Å². The van der Waals surface area contributed by atoms with E-state index in [4.69, 9.17) is 0 Å².